The number of rotatable bonds is 6. The molecule has 1 aliphatic carbocycles. The van der Waals surface area contributed by atoms with E-state index in [1.54, 1.807) is 6.07 Å². The van der Waals surface area contributed by atoms with Gasteiger partial charge in [0.1, 0.15) is 11.4 Å². The number of fused-ring (bicyclic) bond motifs is 1. The van der Waals surface area contributed by atoms with Crippen LogP contribution in [0.15, 0.2) is 30.0 Å². The number of hydrogen-bond donors (Lipinski definition) is 1. The van der Waals surface area contributed by atoms with Crippen molar-refractivity contribution in [2.45, 2.75) is 32.7 Å². The molecule has 174 valence electrons. The van der Waals surface area contributed by atoms with Gasteiger partial charge in [0, 0.05) is 52.4 Å². The molecular weight excluding hydrogens is 428 g/mol. The van der Waals surface area contributed by atoms with E-state index in [-0.39, 0.29) is 17.2 Å². The molecule has 2 aromatic rings. The smallest absolute Gasteiger partial charge is 0.282 e. The highest BCUT2D eigenvalue weighted by Crippen LogP contribution is 2.30. The van der Waals surface area contributed by atoms with E-state index < -0.39 is 12.3 Å². The predicted molar refractivity (Wildman–Crippen MR) is 121 cm³/mol. The number of aromatic nitrogens is 2. The van der Waals surface area contributed by atoms with Crippen molar-refractivity contribution < 1.29 is 18.4 Å². The Kier molecular flexibility index (Phi) is 6.78. The summed E-state index contributed by atoms with van der Waals surface area (Å²) in [6, 6.07) is 5.08. The lowest BCUT2D eigenvalue weighted by atomic mass is 9.92. The van der Waals surface area contributed by atoms with Crippen LogP contribution in [0.25, 0.3) is 6.08 Å². The van der Waals surface area contributed by atoms with Gasteiger partial charge in [-0.3, -0.25) is 19.5 Å². The summed E-state index contributed by atoms with van der Waals surface area (Å²) in [4.78, 5) is 36.6. The molecule has 0 bridgehead atoms. The molecule has 0 radical (unpaired) electrons. The average molecular weight is 456 g/mol. The Labute approximate surface area is 191 Å². The third kappa shape index (κ3) is 4.93. The van der Waals surface area contributed by atoms with E-state index >= 15 is 0 Å². The molecular formula is C24H27F2N5O2. The number of carbonyl (C=O) groups is 2. The molecule has 2 aromatic heterocycles. The molecule has 9 heteroatoms. The van der Waals surface area contributed by atoms with Gasteiger partial charge >= 0.3 is 0 Å². The molecule has 7 nitrogen and oxygen atoms in total. The third-order valence-corrected chi connectivity index (χ3v) is 6.15. The van der Waals surface area contributed by atoms with Gasteiger partial charge in [-0.15, -0.1) is 0 Å². The van der Waals surface area contributed by atoms with Crippen LogP contribution in [-0.4, -0.2) is 59.8 Å². The van der Waals surface area contributed by atoms with Crippen molar-refractivity contribution in [1.82, 2.24) is 20.2 Å². The maximum atomic E-state index is 13.6. The quantitative estimate of drug-likeness (QED) is 0.722. The highest BCUT2D eigenvalue weighted by atomic mass is 19.3. The molecule has 0 saturated carbocycles. The van der Waals surface area contributed by atoms with Crippen molar-refractivity contribution in [2.75, 3.05) is 38.1 Å². The lowest BCUT2D eigenvalue weighted by Gasteiger charge is -2.36. The number of allylic oxidation sites excluding steroid dienone is 1. The Morgan fingerprint density at radius 3 is 2.64 bits per heavy atom. The number of piperazine rings is 1. The second kappa shape index (κ2) is 9.74. The Morgan fingerprint density at radius 2 is 1.97 bits per heavy atom. The van der Waals surface area contributed by atoms with Gasteiger partial charge in [-0.2, -0.15) is 0 Å². The fourth-order valence-electron chi connectivity index (χ4n) is 4.31. The van der Waals surface area contributed by atoms with Gasteiger partial charge in [0.05, 0.1) is 11.4 Å². The summed E-state index contributed by atoms with van der Waals surface area (Å²) in [5.41, 5.74) is 3.66. The fraction of sp³-hybridized carbons (Fsp3) is 0.417. The molecule has 4 rings (SSSR count). The highest BCUT2D eigenvalue weighted by Gasteiger charge is 2.25. The van der Waals surface area contributed by atoms with Crippen LogP contribution >= 0.6 is 0 Å². The Bertz CT molecular complexity index is 1090. The van der Waals surface area contributed by atoms with Gasteiger partial charge in [0.25, 0.3) is 12.3 Å². The van der Waals surface area contributed by atoms with Crippen LogP contribution in [-0.2, 0) is 17.8 Å². The van der Waals surface area contributed by atoms with Crippen molar-refractivity contribution in [3.8, 4) is 0 Å². The number of nitrogens with zero attached hydrogens (tertiary/aromatic N) is 4. The lowest BCUT2D eigenvalue weighted by molar-refractivity contribution is -0.115. The minimum absolute atomic E-state index is 0.0190. The first-order valence-electron chi connectivity index (χ1n) is 11.1. The van der Waals surface area contributed by atoms with Gasteiger partial charge in [-0.25, -0.2) is 13.8 Å². The first-order valence-corrected chi connectivity index (χ1v) is 11.1. The van der Waals surface area contributed by atoms with Gasteiger partial charge in [0.15, 0.2) is 5.78 Å². The number of pyridine rings is 2. The number of hydrogen-bond acceptors (Lipinski definition) is 6. The van der Waals surface area contributed by atoms with Crippen molar-refractivity contribution >= 4 is 23.5 Å². The Hall–Kier alpha value is -3.20. The third-order valence-electron chi connectivity index (χ3n) is 6.15. The molecule has 0 spiro atoms. The molecule has 1 saturated heterocycles. The summed E-state index contributed by atoms with van der Waals surface area (Å²) in [5.74, 6) is -0.335. The molecule has 1 fully saturated rings. The second-order valence-electron chi connectivity index (χ2n) is 8.25. The van der Waals surface area contributed by atoms with E-state index in [0.29, 0.717) is 51.3 Å². The number of ketones is 1. The first kappa shape index (κ1) is 23.0. The van der Waals surface area contributed by atoms with E-state index in [0.717, 1.165) is 22.4 Å². The first-order chi connectivity index (χ1) is 15.9. The number of Topliss-reactive ketones (excluding diaryl/α,β-unsaturated/α-hetero) is 1. The van der Waals surface area contributed by atoms with E-state index in [1.807, 2.05) is 30.2 Å². The van der Waals surface area contributed by atoms with E-state index in [4.69, 9.17) is 0 Å². The van der Waals surface area contributed by atoms with Crippen molar-refractivity contribution in [3.05, 3.63) is 58.2 Å². The minimum Gasteiger partial charge on any atom is -0.367 e. The van der Waals surface area contributed by atoms with E-state index in [1.165, 1.54) is 13.1 Å². The summed E-state index contributed by atoms with van der Waals surface area (Å²) >= 11 is 0. The van der Waals surface area contributed by atoms with Gasteiger partial charge in [-0.05, 0) is 41.3 Å². The molecule has 33 heavy (non-hydrogen) atoms. The van der Waals surface area contributed by atoms with Crippen LogP contribution in [0.3, 0.4) is 0 Å². The molecule has 3 heterocycles. The topological polar surface area (TPSA) is 78.4 Å². The number of halogens is 2. The number of carbonyl (C=O) groups excluding carboxylic acids is 2. The van der Waals surface area contributed by atoms with Crippen LogP contribution < -0.4 is 10.2 Å². The Balaban J connectivity index is 1.42. The zero-order valence-corrected chi connectivity index (χ0v) is 18.8. The summed E-state index contributed by atoms with van der Waals surface area (Å²) < 4.78 is 27.3. The van der Waals surface area contributed by atoms with Crippen LogP contribution in [0.2, 0.25) is 0 Å². The van der Waals surface area contributed by atoms with Gasteiger partial charge in [-0.1, -0.05) is 13.0 Å². The van der Waals surface area contributed by atoms with Crippen LogP contribution in [0.1, 0.15) is 52.8 Å². The average Bonchev–Trinajstić information content (AvgIpc) is 2.83. The lowest BCUT2D eigenvalue weighted by Crippen LogP contribution is -2.46. The van der Waals surface area contributed by atoms with Gasteiger partial charge < -0.3 is 10.2 Å². The largest absolute Gasteiger partial charge is 0.367 e. The second-order valence-corrected chi connectivity index (χ2v) is 8.25. The monoisotopic (exact) mass is 455 g/mol. The summed E-state index contributed by atoms with van der Waals surface area (Å²) in [6.07, 6.45) is 2.06. The number of nitrogens with one attached hydrogen (secondary N) is 1. The summed E-state index contributed by atoms with van der Waals surface area (Å²) in [6.45, 7) is 5.17. The highest BCUT2D eigenvalue weighted by molar-refractivity contribution is 6.03. The standard InChI is InChI=1S/C24H27F2N5O2/c1-3-16-11-19-17(12-21(16)32)10-15(13-28-19)14-30-6-8-31(9-7-30)20-5-4-18(24(33)27-2)29-22(20)23(25)26/h4-5,10-11,13,23H,3,6-9,12,14H2,1-2H3,(H,27,33). The number of anilines is 1. The van der Waals surface area contributed by atoms with E-state index in [2.05, 4.69) is 20.2 Å². The Morgan fingerprint density at radius 1 is 1.21 bits per heavy atom. The predicted octanol–water partition coefficient (Wildman–Crippen LogP) is 3.01. The number of amides is 1. The fourth-order valence-corrected chi connectivity index (χ4v) is 4.31. The molecule has 1 N–H and O–H groups in total. The summed E-state index contributed by atoms with van der Waals surface area (Å²) in [5, 5.41) is 2.41. The van der Waals surface area contributed by atoms with Gasteiger partial charge in [0.2, 0.25) is 0 Å². The molecule has 1 amide bonds. The number of alkyl halides is 2. The van der Waals surface area contributed by atoms with Crippen LogP contribution in [0.5, 0.6) is 0 Å². The zero-order valence-electron chi connectivity index (χ0n) is 18.8. The van der Waals surface area contributed by atoms with E-state index in [9.17, 15) is 18.4 Å². The SMILES string of the molecule is CCC1=Cc2ncc(CN3CCN(c4ccc(C(=O)NC)nc4C(F)F)CC3)cc2CC1=O. The zero-order chi connectivity index (χ0) is 23.5. The van der Waals surface area contributed by atoms with Crippen molar-refractivity contribution in [1.29, 1.82) is 0 Å². The minimum atomic E-state index is -2.77. The van der Waals surface area contributed by atoms with Crippen molar-refractivity contribution in [3.63, 3.8) is 0 Å². The van der Waals surface area contributed by atoms with Crippen LogP contribution in [0.4, 0.5) is 14.5 Å². The molecule has 0 atom stereocenters. The van der Waals surface area contributed by atoms with Crippen LogP contribution in [0, 0.1) is 0 Å². The molecule has 0 unspecified atom stereocenters. The molecule has 1 aliphatic heterocycles. The normalized spacial score (nSPS) is 16.6. The molecule has 0 aromatic carbocycles. The maximum absolute atomic E-state index is 13.6. The maximum Gasteiger partial charge on any atom is 0.282 e. The summed E-state index contributed by atoms with van der Waals surface area (Å²) in [7, 11) is 1.44. The molecule has 2 aliphatic rings. The van der Waals surface area contributed by atoms with Crippen molar-refractivity contribution in [2.24, 2.45) is 0 Å².